The summed E-state index contributed by atoms with van der Waals surface area (Å²) in [5.74, 6) is 0.829. The van der Waals surface area contributed by atoms with Crippen molar-refractivity contribution >= 4 is 37.4 Å². The molecule has 0 saturated carbocycles. The second kappa shape index (κ2) is 10.3. The van der Waals surface area contributed by atoms with Crippen molar-refractivity contribution in [1.82, 2.24) is 5.32 Å². The fraction of sp³-hybridized carbons (Fsp3) is 0.455. The van der Waals surface area contributed by atoms with Gasteiger partial charge in [-0.3, -0.25) is 19.8 Å². The smallest absolute Gasteiger partial charge is 0.306 e. The molecule has 0 radical (unpaired) electrons. The zero-order chi connectivity index (χ0) is 23.2. The van der Waals surface area contributed by atoms with Gasteiger partial charge in [-0.15, -0.1) is 5.54 Å². The first kappa shape index (κ1) is 24.1. The van der Waals surface area contributed by atoms with Crippen LogP contribution in [-0.4, -0.2) is 49.4 Å². The topological polar surface area (TPSA) is 137 Å². The third-order valence-electron chi connectivity index (χ3n) is 4.81. The zero-order valence-corrected chi connectivity index (χ0v) is 19.2. The number of hydrogen-bond donors (Lipinski definition) is 4. The SMILES string of the molecule is C[Si](C)(C)C#CC(CC(=O)O)NC(=O)CC1CCCN(c2ccc(C(=N)N)cc2)C1=O. The predicted molar refractivity (Wildman–Crippen MR) is 122 cm³/mol. The molecule has 0 aliphatic carbocycles. The van der Waals surface area contributed by atoms with Gasteiger partial charge >= 0.3 is 5.97 Å². The van der Waals surface area contributed by atoms with Gasteiger partial charge in [0.2, 0.25) is 11.8 Å². The number of piperidine rings is 1. The van der Waals surface area contributed by atoms with Crippen LogP contribution in [0.5, 0.6) is 0 Å². The van der Waals surface area contributed by atoms with Crippen molar-refractivity contribution in [3.8, 4) is 11.5 Å². The monoisotopic (exact) mass is 442 g/mol. The van der Waals surface area contributed by atoms with Crippen molar-refractivity contribution < 1.29 is 19.5 Å². The molecule has 2 amide bonds. The van der Waals surface area contributed by atoms with Gasteiger partial charge in [-0.2, -0.15) is 0 Å². The number of carboxylic acids is 1. The molecule has 1 heterocycles. The molecule has 0 spiro atoms. The van der Waals surface area contributed by atoms with Crippen LogP contribution in [0.25, 0.3) is 0 Å². The highest BCUT2D eigenvalue weighted by molar-refractivity contribution is 6.83. The molecule has 1 aliphatic rings. The van der Waals surface area contributed by atoms with E-state index < -0.39 is 26.0 Å². The summed E-state index contributed by atoms with van der Waals surface area (Å²) in [7, 11) is -1.72. The molecular formula is C22H30N4O4Si. The molecule has 1 saturated heterocycles. The maximum atomic E-state index is 13.0. The fourth-order valence-corrected chi connectivity index (χ4v) is 3.92. The molecule has 2 atom stereocenters. The van der Waals surface area contributed by atoms with Gasteiger partial charge in [0.25, 0.3) is 0 Å². The van der Waals surface area contributed by atoms with E-state index in [1.807, 2.05) is 19.6 Å². The Hall–Kier alpha value is -3.12. The summed E-state index contributed by atoms with van der Waals surface area (Å²) in [6.07, 6.45) is 1.06. The lowest BCUT2D eigenvalue weighted by Gasteiger charge is -2.32. The average molecular weight is 443 g/mol. The van der Waals surface area contributed by atoms with Crippen molar-refractivity contribution in [2.24, 2.45) is 11.7 Å². The number of nitrogen functional groups attached to an aromatic ring is 1. The molecule has 166 valence electrons. The number of nitrogens with one attached hydrogen (secondary N) is 2. The van der Waals surface area contributed by atoms with Crippen molar-refractivity contribution in [1.29, 1.82) is 5.41 Å². The van der Waals surface area contributed by atoms with Crippen LogP contribution in [0, 0.1) is 22.8 Å². The van der Waals surface area contributed by atoms with E-state index in [0.717, 1.165) is 6.42 Å². The molecular weight excluding hydrogens is 412 g/mol. The minimum Gasteiger partial charge on any atom is -0.481 e. The number of rotatable bonds is 7. The molecule has 5 N–H and O–H groups in total. The summed E-state index contributed by atoms with van der Waals surface area (Å²) < 4.78 is 0. The van der Waals surface area contributed by atoms with Crippen LogP contribution in [0.1, 0.15) is 31.2 Å². The number of anilines is 1. The summed E-state index contributed by atoms with van der Waals surface area (Å²) in [5, 5.41) is 19.3. The van der Waals surface area contributed by atoms with Crippen LogP contribution >= 0.6 is 0 Å². The minimum absolute atomic E-state index is 0.00833. The van der Waals surface area contributed by atoms with Crippen LogP contribution in [-0.2, 0) is 14.4 Å². The van der Waals surface area contributed by atoms with Crippen molar-refractivity contribution in [2.45, 2.75) is 51.4 Å². The lowest BCUT2D eigenvalue weighted by Crippen LogP contribution is -2.44. The number of aliphatic carboxylic acids is 1. The molecule has 31 heavy (non-hydrogen) atoms. The van der Waals surface area contributed by atoms with Gasteiger partial charge in [0.05, 0.1) is 6.42 Å². The van der Waals surface area contributed by atoms with Crippen molar-refractivity contribution in [3.63, 3.8) is 0 Å². The maximum absolute atomic E-state index is 13.0. The van der Waals surface area contributed by atoms with E-state index in [2.05, 4.69) is 16.8 Å². The third-order valence-corrected chi connectivity index (χ3v) is 5.70. The van der Waals surface area contributed by atoms with Gasteiger partial charge in [-0.05, 0) is 37.1 Å². The van der Waals surface area contributed by atoms with Crippen LogP contribution in [0.15, 0.2) is 24.3 Å². The van der Waals surface area contributed by atoms with Gasteiger partial charge < -0.3 is 21.1 Å². The molecule has 0 aromatic heterocycles. The van der Waals surface area contributed by atoms with Gasteiger partial charge in [0, 0.05) is 30.1 Å². The lowest BCUT2D eigenvalue weighted by atomic mass is 9.92. The first-order valence-corrected chi connectivity index (χ1v) is 13.8. The van der Waals surface area contributed by atoms with Crippen LogP contribution in [0.2, 0.25) is 19.6 Å². The Labute approximate surface area is 183 Å². The number of amidine groups is 1. The Morgan fingerprint density at radius 3 is 2.52 bits per heavy atom. The van der Waals surface area contributed by atoms with E-state index in [9.17, 15) is 14.4 Å². The number of hydrogen-bond acceptors (Lipinski definition) is 4. The Morgan fingerprint density at radius 1 is 1.32 bits per heavy atom. The zero-order valence-electron chi connectivity index (χ0n) is 18.2. The Kier molecular flexibility index (Phi) is 7.99. The molecule has 9 heteroatoms. The normalized spacial score (nSPS) is 17.3. The second-order valence-electron chi connectivity index (χ2n) is 8.73. The first-order valence-electron chi connectivity index (χ1n) is 10.3. The maximum Gasteiger partial charge on any atom is 0.306 e. The minimum atomic E-state index is -1.72. The first-order chi connectivity index (χ1) is 14.5. The highest BCUT2D eigenvalue weighted by Gasteiger charge is 2.31. The van der Waals surface area contributed by atoms with Crippen LogP contribution in [0.4, 0.5) is 5.69 Å². The van der Waals surface area contributed by atoms with E-state index in [1.54, 1.807) is 29.2 Å². The van der Waals surface area contributed by atoms with E-state index >= 15 is 0 Å². The third kappa shape index (κ3) is 7.57. The second-order valence-corrected chi connectivity index (χ2v) is 13.5. The molecule has 1 aliphatic heterocycles. The lowest BCUT2D eigenvalue weighted by molar-refractivity contribution is -0.137. The summed E-state index contributed by atoms with van der Waals surface area (Å²) >= 11 is 0. The van der Waals surface area contributed by atoms with Crippen molar-refractivity contribution in [2.75, 3.05) is 11.4 Å². The quantitative estimate of drug-likeness (QED) is 0.221. The number of carbonyl (C=O) groups is 3. The molecule has 1 aromatic carbocycles. The highest BCUT2D eigenvalue weighted by Crippen LogP contribution is 2.26. The van der Waals surface area contributed by atoms with E-state index in [4.69, 9.17) is 16.2 Å². The number of benzene rings is 1. The van der Waals surface area contributed by atoms with Gasteiger partial charge in [-0.1, -0.05) is 25.6 Å². The largest absolute Gasteiger partial charge is 0.481 e. The van der Waals surface area contributed by atoms with Gasteiger partial charge in [0.15, 0.2) is 0 Å². The Bertz CT molecular complexity index is 912. The van der Waals surface area contributed by atoms with Gasteiger partial charge in [0.1, 0.15) is 20.0 Å². The number of nitrogens with zero attached hydrogens (tertiary/aromatic N) is 1. The van der Waals surface area contributed by atoms with Crippen LogP contribution < -0.4 is 16.0 Å². The number of amides is 2. The molecule has 2 unspecified atom stereocenters. The van der Waals surface area contributed by atoms with Crippen LogP contribution in [0.3, 0.4) is 0 Å². The molecule has 1 fully saturated rings. The summed E-state index contributed by atoms with van der Waals surface area (Å²) in [6, 6.07) is 6.09. The molecule has 8 nitrogen and oxygen atoms in total. The summed E-state index contributed by atoms with van der Waals surface area (Å²) in [6.45, 7) is 6.67. The summed E-state index contributed by atoms with van der Waals surface area (Å²) in [4.78, 5) is 38.3. The number of carboxylic acid groups (broad SMARTS) is 1. The standard InChI is InChI=1S/C22H30N4O4Si/c1-31(2,3)12-10-17(14-20(28)29)25-19(27)13-16-5-4-11-26(22(16)30)18-8-6-15(7-9-18)21(23)24/h6-9,16-17H,4-5,11,13-14H2,1-3H3,(H3,23,24)(H,25,27)(H,28,29). The molecule has 1 aromatic rings. The Balaban J connectivity index is 2.05. The summed E-state index contributed by atoms with van der Waals surface area (Å²) in [5.41, 5.74) is 9.85. The molecule has 2 rings (SSSR count). The highest BCUT2D eigenvalue weighted by atomic mass is 28.3. The molecule has 0 bridgehead atoms. The van der Waals surface area contributed by atoms with Gasteiger partial charge in [-0.25, -0.2) is 0 Å². The fourth-order valence-electron chi connectivity index (χ4n) is 3.31. The number of carbonyl (C=O) groups excluding carboxylic acids is 2. The van der Waals surface area contributed by atoms with E-state index in [1.165, 1.54) is 0 Å². The van der Waals surface area contributed by atoms with E-state index in [-0.39, 0.29) is 30.5 Å². The Morgan fingerprint density at radius 2 is 1.97 bits per heavy atom. The predicted octanol–water partition coefficient (Wildman–Crippen LogP) is 1.94. The van der Waals surface area contributed by atoms with E-state index in [0.29, 0.717) is 24.2 Å². The average Bonchev–Trinajstić information content (AvgIpc) is 2.67. The van der Waals surface area contributed by atoms with Crippen molar-refractivity contribution in [3.05, 3.63) is 29.8 Å². The number of nitrogens with two attached hydrogens (primary N) is 1.